The number of hydrogen-bond acceptors (Lipinski definition) is 3. The molecule has 1 N–H and O–H groups in total. The van der Waals surface area contributed by atoms with Crippen LogP contribution in [0, 0.1) is 11.8 Å². The summed E-state index contributed by atoms with van der Waals surface area (Å²) in [5.41, 5.74) is 0.202. The number of hydrogen-bond donors (Lipinski definition) is 1. The van der Waals surface area contributed by atoms with Crippen molar-refractivity contribution in [1.82, 2.24) is 10.3 Å². The molecule has 0 saturated carbocycles. The van der Waals surface area contributed by atoms with Gasteiger partial charge in [0.1, 0.15) is 11.3 Å². The molecule has 2 aromatic rings. The number of nitrogens with zero attached hydrogens (tertiary/aromatic N) is 1. The van der Waals surface area contributed by atoms with Gasteiger partial charge in [-0.2, -0.15) is 0 Å². The number of pyridine rings is 1. The van der Waals surface area contributed by atoms with Crippen LogP contribution in [0.25, 0.3) is 10.8 Å². The van der Waals surface area contributed by atoms with Gasteiger partial charge in [0.2, 0.25) is 0 Å². The molecule has 1 aromatic heterocycles. The third-order valence-electron chi connectivity index (χ3n) is 2.60. The van der Waals surface area contributed by atoms with Crippen molar-refractivity contribution in [2.75, 3.05) is 6.54 Å². The molecule has 108 valence electrons. The van der Waals surface area contributed by atoms with Crippen LogP contribution in [0.3, 0.4) is 0 Å². The summed E-state index contributed by atoms with van der Waals surface area (Å²) in [5, 5.41) is 4.69. The summed E-state index contributed by atoms with van der Waals surface area (Å²) in [6.45, 7) is 5.68. The van der Waals surface area contributed by atoms with Crippen molar-refractivity contribution in [3.8, 4) is 11.8 Å². The molecule has 0 atom stereocenters. The fourth-order valence-corrected chi connectivity index (χ4v) is 1.78. The van der Waals surface area contributed by atoms with Crippen molar-refractivity contribution in [2.24, 2.45) is 0 Å². The number of benzene rings is 1. The molecule has 21 heavy (non-hydrogen) atoms. The van der Waals surface area contributed by atoms with E-state index in [1.807, 2.05) is 51.1 Å². The molecule has 4 heteroatoms. The van der Waals surface area contributed by atoms with Crippen molar-refractivity contribution in [3.05, 3.63) is 42.2 Å². The molecule has 0 unspecified atom stereocenters. The molecule has 0 radical (unpaired) electrons. The van der Waals surface area contributed by atoms with Gasteiger partial charge in [0.05, 0.1) is 6.54 Å². The number of rotatable bonds is 1. The quantitative estimate of drug-likeness (QED) is 0.818. The summed E-state index contributed by atoms with van der Waals surface area (Å²) >= 11 is 0. The second-order valence-electron chi connectivity index (χ2n) is 5.54. The molecule has 0 aliphatic rings. The van der Waals surface area contributed by atoms with Gasteiger partial charge in [0, 0.05) is 11.6 Å². The molecule has 0 saturated heterocycles. The first-order valence-corrected chi connectivity index (χ1v) is 6.75. The van der Waals surface area contributed by atoms with Crippen LogP contribution < -0.4 is 5.32 Å². The van der Waals surface area contributed by atoms with Crippen LogP contribution in [0.5, 0.6) is 0 Å². The van der Waals surface area contributed by atoms with Crippen LogP contribution in [0.2, 0.25) is 0 Å². The van der Waals surface area contributed by atoms with E-state index in [4.69, 9.17) is 4.74 Å². The van der Waals surface area contributed by atoms with Crippen LogP contribution in [0.15, 0.2) is 36.5 Å². The molecule has 0 bridgehead atoms. The predicted molar refractivity (Wildman–Crippen MR) is 82.9 cm³/mol. The Kier molecular flexibility index (Phi) is 4.44. The van der Waals surface area contributed by atoms with Crippen LogP contribution in [0.4, 0.5) is 4.79 Å². The fraction of sp³-hybridized carbons (Fsp3) is 0.294. The minimum atomic E-state index is -0.505. The first-order valence-electron chi connectivity index (χ1n) is 6.75. The molecular weight excluding hydrogens is 264 g/mol. The van der Waals surface area contributed by atoms with Gasteiger partial charge in [-0.3, -0.25) is 0 Å². The topological polar surface area (TPSA) is 51.2 Å². The van der Waals surface area contributed by atoms with Gasteiger partial charge in [-0.1, -0.05) is 30.2 Å². The molecule has 4 nitrogen and oxygen atoms in total. The average molecular weight is 282 g/mol. The second-order valence-corrected chi connectivity index (χ2v) is 5.54. The zero-order chi connectivity index (χ0) is 15.3. The first-order chi connectivity index (χ1) is 9.96. The summed E-state index contributed by atoms with van der Waals surface area (Å²) in [5.74, 6) is 5.86. The van der Waals surface area contributed by atoms with Crippen LogP contribution in [0.1, 0.15) is 26.5 Å². The Morgan fingerprint density at radius 2 is 2.05 bits per heavy atom. The van der Waals surface area contributed by atoms with Crippen molar-refractivity contribution in [3.63, 3.8) is 0 Å². The van der Waals surface area contributed by atoms with E-state index in [1.54, 1.807) is 6.20 Å². The van der Waals surface area contributed by atoms with E-state index in [1.165, 1.54) is 0 Å². The lowest BCUT2D eigenvalue weighted by Gasteiger charge is -2.18. The van der Waals surface area contributed by atoms with E-state index < -0.39 is 11.7 Å². The monoisotopic (exact) mass is 282 g/mol. The lowest BCUT2D eigenvalue weighted by atomic mass is 10.1. The number of aromatic nitrogens is 1. The smallest absolute Gasteiger partial charge is 0.408 e. The zero-order valence-electron chi connectivity index (χ0n) is 12.4. The lowest BCUT2D eigenvalue weighted by molar-refractivity contribution is 0.0535. The highest BCUT2D eigenvalue weighted by molar-refractivity contribution is 5.86. The Balaban J connectivity index is 2.01. The number of nitrogens with one attached hydrogen (secondary N) is 1. The molecule has 1 heterocycles. The maximum atomic E-state index is 11.5. The van der Waals surface area contributed by atoms with E-state index in [9.17, 15) is 4.79 Å². The summed E-state index contributed by atoms with van der Waals surface area (Å²) in [6, 6.07) is 9.87. The van der Waals surface area contributed by atoms with Crippen molar-refractivity contribution in [1.29, 1.82) is 0 Å². The Labute approximate surface area is 124 Å². The lowest BCUT2D eigenvalue weighted by Crippen LogP contribution is -2.32. The number of ether oxygens (including phenoxy) is 1. The molecule has 0 aliphatic carbocycles. The number of carbonyl (C=O) groups is 1. The molecule has 1 aromatic carbocycles. The van der Waals surface area contributed by atoms with Crippen molar-refractivity contribution >= 4 is 16.9 Å². The van der Waals surface area contributed by atoms with Gasteiger partial charge in [-0.05, 0) is 38.1 Å². The number of fused-ring (bicyclic) bond motifs is 1. The van der Waals surface area contributed by atoms with Gasteiger partial charge in [-0.25, -0.2) is 9.78 Å². The summed E-state index contributed by atoms with van der Waals surface area (Å²) in [7, 11) is 0. The summed E-state index contributed by atoms with van der Waals surface area (Å²) in [4.78, 5) is 15.7. The van der Waals surface area contributed by atoms with Crippen LogP contribution in [-0.4, -0.2) is 23.2 Å². The number of amides is 1. The number of alkyl carbamates (subject to hydrolysis) is 1. The Bertz CT molecular complexity index is 701. The fourth-order valence-electron chi connectivity index (χ4n) is 1.78. The summed E-state index contributed by atoms with van der Waals surface area (Å²) in [6.07, 6.45) is 1.26. The third kappa shape index (κ3) is 4.50. The van der Waals surface area contributed by atoms with Gasteiger partial charge in [-0.15, -0.1) is 0 Å². The average Bonchev–Trinajstić information content (AvgIpc) is 2.42. The predicted octanol–water partition coefficient (Wildman–Crippen LogP) is 3.11. The Morgan fingerprint density at radius 3 is 2.81 bits per heavy atom. The molecule has 0 spiro atoms. The highest BCUT2D eigenvalue weighted by Crippen LogP contribution is 2.15. The maximum absolute atomic E-state index is 11.5. The van der Waals surface area contributed by atoms with E-state index in [-0.39, 0.29) is 6.54 Å². The zero-order valence-corrected chi connectivity index (χ0v) is 12.4. The second kappa shape index (κ2) is 6.27. The van der Waals surface area contributed by atoms with E-state index in [0.29, 0.717) is 5.69 Å². The van der Waals surface area contributed by atoms with Gasteiger partial charge in [0.15, 0.2) is 0 Å². The van der Waals surface area contributed by atoms with Crippen LogP contribution >= 0.6 is 0 Å². The van der Waals surface area contributed by atoms with Crippen molar-refractivity contribution in [2.45, 2.75) is 26.4 Å². The van der Waals surface area contributed by atoms with Gasteiger partial charge >= 0.3 is 6.09 Å². The molecular formula is C17H18N2O2. The molecule has 0 aliphatic heterocycles. The SMILES string of the molecule is CC(C)(C)OC(=O)NCC#Cc1nccc2ccccc12. The van der Waals surface area contributed by atoms with Crippen molar-refractivity contribution < 1.29 is 9.53 Å². The minimum absolute atomic E-state index is 0.222. The van der Waals surface area contributed by atoms with Crippen LogP contribution in [-0.2, 0) is 4.74 Å². The maximum Gasteiger partial charge on any atom is 0.408 e. The van der Waals surface area contributed by atoms with E-state index in [2.05, 4.69) is 22.1 Å². The largest absolute Gasteiger partial charge is 0.444 e. The molecule has 1 amide bonds. The van der Waals surface area contributed by atoms with E-state index in [0.717, 1.165) is 10.8 Å². The highest BCUT2D eigenvalue weighted by Gasteiger charge is 2.14. The molecule has 2 rings (SSSR count). The van der Waals surface area contributed by atoms with Gasteiger partial charge in [0.25, 0.3) is 0 Å². The standard InChI is InChI=1S/C17H18N2O2/c1-17(2,3)21-16(20)19-11-6-9-15-14-8-5-4-7-13(14)10-12-18-15/h4-5,7-8,10,12H,11H2,1-3H3,(H,19,20). The molecule has 0 fully saturated rings. The number of carbonyl (C=O) groups excluding carboxylic acids is 1. The summed E-state index contributed by atoms with van der Waals surface area (Å²) < 4.78 is 5.13. The first kappa shape index (κ1) is 14.9. The Hall–Kier alpha value is -2.54. The Morgan fingerprint density at radius 1 is 1.29 bits per heavy atom. The van der Waals surface area contributed by atoms with Gasteiger partial charge < -0.3 is 10.1 Å². The minimum Gasteiger partial charge on any atom is -0.444 e. The third-order valence-corrected chi connectivity index (χ3v) is 2.60. The highest BCUT2D eigenvalue weighted by atomic mass is 16.6. The normalized spacial score (nSPS) is 10.6. The van der Waals surface area contributed by atoms with E-state index >= 15 is 0 Å².